The highest BCUT2D eigenvalue weighted by Crippen LogP contribution is 2.34. The summed E-state index contributed by atoms with van der Waals surface area (Å²) in [5.74, 6) is -0.0716. The number of hydroxylamine groups is 1. The summed E-state index contributed by atoms with van der Waals surface area (Å²) < 4.78 is 0.986. The van der Waals surface area contributed by atoms with Crippen molar-refractivity contribution in [1.29, 1.82) is 0 Å². The summed E-state index contributed by atoms with van der Waals surface area (Å²) in [6.45, 7) is 2.22. The summed E-state index contributed by atoms with van der Waals surface area (Å²) in [6.07, 6.45) is 0.181. The molecule has 0 saturated heterocycles. The number of rotatable bonds is 2. The molecule has 0 unspecified atom stereocenters. The van der Waals surface area contributed by atoms with Crippen molar-refractivity contribution >= 4 is 50.3 Å². The van der Waals surface area contributed by atoms with Crippen LogP contribution in [0, 0.1) is 6.92 Å². The van der Waals surface area contributed by atoms with Gasteiger partial charge < -0.3 is 5.32 Å². The van der Waals surface area contributed by atoms with Crippen molar-refractivity contribution in [3.63, 3.8) is 0 Å². The van der Waals surface area contributed by atoms with Gasteiger partial charge in [-0.15, -0.1) is 11.3 Å². The Hall–Kier alpha value is -2.03. The topological polar surface area (TPSA) is 90.8 Å². The number of carbonyl (C=O) groups is 2. The van der Waals surface area contributed by atoms with Crippen LogP contribution in [0.25, 0.3) is 0 Å². The van der Waals surface area contributed by atoms with E-state index in [-0.39, 0.29) is 18.9 Å². The van der Waals surface area contributed by atoms with Crippen LogP contribution in [0.1, 0.15) is 16.7 Å². The van der Waals surface area contributed by atoms with Crippen molar-refractivity contribution in [2.45, 2.75) is 6.92 Å². The lowest BCUT2D eigenvalue weighted by Crippen LogP contribution is -2.12. The summed E-state index contributed by atoms with van der Waals surface area (Å²) in [5.41, 5.74) is 5.34. The quantitative estimate of drug-likeness (QED) is 0.414. The Morgan fingerprint density at radius 2 is 2.04 bits per heavy atom. The molecule has 120 valence electrons. The van der Waals surface area contributed by atoms with Gasteiger partial charge in [-0.3, -0.25) is 19.8 Å². The molecule has 0 saturated carbocycles. The van der Waals surface area contributed by atoms with Crippen LogP contribution in [0.4, 0.5) is 5.00 Å². The van der Waals surface area contributed by atoms with E-state index >= 15 is 0 Å². The van der Waals surface area contributed by atoms with E-state index in [0.717, 1.165) is 25.6 Å². The maximum atomic E-state index is 11.7. The monoisotopic (exact) mass is 395 g/mol. The van der Waals surface area contributed by atoms with E-state index in [0.29, 0.717) is 0 Å². The summed E-state index contributed by atoms with van der Waals surface area (Å²) in [4.78, 5) is 24.9. The molecule has 3 rings (SSSR count). The van der Waals surface area contributed by atoms with Crippen molar-refractivity contribution in [3.05, 3.63) is 50.8 Å². The molecule has 0 atom stereocenters. The van der Waals surface area contributed by atoms with Gasteiger partial charge in [-0.05, 0) is 28.9 Å². The van der Waals surface area contributed by atoms with Crippen LogP contribution in [0.2, 0.25) is 0 Å². The predicted octanol–water partition coefficient (Wildman–Crippen LogP) is 2.73. The van der Waals surface area contributed by atoms with Crippen molar-refractivity contribution in [2.75, 3.05) is 11.9 Å². The fourth-order valence-electron chi connectivity index (χ4n) is 1.99. The number of anilines is 1. The number of halogens is 1. The van der Waals surface area contributed by atoms with E-state index < -0.39 is 0 Å². The molecular weight excluding hydrogens is 382 g/mol. The highest BCUT2D eigenvalue weighted by Gasteiger charge is 2.20. The van der Waals surface area contributed by atoms with Crippen LogP contribution < -0.4 is 10.8 Å². The second-order valence-corrected chi connectivity index (χ2v) is 7.05. The summed E-state index contributed by atoms with van der Waals surface area (Å²) in [6, 6.07) is 10.2. The fraction of sp³-hybridized carbons (Fsp3) is 0.133. The average molecular weight is 396 g/mol. The van der Waals surface area contributed by atoms with Gasteiger partial charge in [0.2, 0.25) is 12.3 Å². The third-order valence-corrected chi connectivity index (χ3v) is 4.52. The van der Waals surface area contributed by atoms with Crippen LogP contribution in [-0.2, 0) is 9.59 Å². The van der Waals surface area contributed by atoms with E-state index in [1.54, 1.807) is 0 Å². The highest BCUT2D eigenvalue weighted by molar-refractivity contribution is 9.11. The first kappa shape index (κ1) is 17.3. The zero-order chi connectivity index (χ0) is 16.8. The molecule has 1 aromatic heterocycles. The predicted molar refractivity (Wildman–Crippen MR) is 93.3 cm³/mol. The Balaban J connectivity index is 0.000000433. The van der Waals surface area contributed by atoms with Gasteiger partial charge in [0, 0.05) is 11.1 Å². The molecular formula is C15H14BrN3O3S. The molecule has 0 radical (unpaired) electrons. The number of aryl methyl sites for hydroxylation is 1. The van der Waals surface area contributed by atoms with Crippen molar-refractivity contribution in [1.82, 2.24) is 5.48 Å². The molecule has 1 aliphatic heterocycles. The number of carbonyl (C=O) groups excluding carboxylic acids is 2. The Kier molecular flexibility index (Phi) is 6.03. The van der Waals surface area contributed by atoms with Crippen molar-refractivity contribution < 1.29 is 14.8 Å². The van der Waals surface area contributed by atoms with Crippen LogP contribution in [0.3, 0.4) is 0 Å². The second kappa shape index (κ2) is 8.00. The number of hydrogen-bond acceptors (Lipinski definition) is 5. The smallest absolute Gasteiger partial charge is 0.246 e. The molecule has 8 heteroatoms. The molecule has 0 fully saturated rings. The molecule has 23 heavy (non-hydrogen) atoms. The number of nitrogens with one attached hydrogen (secondary N) is 2. The van der Waals surface area contributed by atoms with Crippen molar-refractivity contribution in [2.24, 2.45) is 4.99 Å². The minimum atomic E-state index is -0.0716. The number of amides is 2. The SMILES string of the molecule is Cc1ccc(C2=NCC(=O)Nc3sc(Br)cc32)cc1.O=CNO. The molecule has 0 bridgehead atoms. The Labute approximate surface area is 145 Å². The van der Waals surface area contributed by atoms with Gasteiger partial charge in [-0.2, -0.15) is 0 Å². The Morgan fingerprint density at radius 3 is 2.65 bits per heavy atom. The lowest BCUT2D eigenvalue weighted by atomic mass is 10.0. The standard InChI is InChI=1S/C14H11BrN2OS.CH3NO2/c1-8-2-4-9(5-3-8)13-10-6-11(15)19-14(10)17-12(18)7-16-13;3-1-2-4/h2-6H,7H2,1H3,(H,17,18);1,4H,(H,2,3). The lowest BCUT2D eigenvalue weighted by molar-refractivity contribution is -0.116. The Morgan fingerprint density at radius 1 is 1.39 bits per heavy atom. The van der Waals surface area contributed by atoms with Gasteiger partial charge in [0.15, 0.2) is 0 Å². The number of fused-ring (bicyclic) bond motifs is 1. The zero-order valence-corrected chi connectivity index (χ0v) is 14.6. The minimum Gasteiger partial charge on any atom is -0.315 e. The van der Waals surface area contributed by atoms with E-state index in [1.165, 1.54) is 22.4 Å². The number of hydrogen-bond donors (Lipinski definition) is 3. The van der Waals surface area contributed by atoms with Gasteiger partial charge in [0.05, 0.1) is 9.50 Å². The lowest BCUT2D eigenvalue weighted by Gasteiger charge is -2.05. The van der Waals surface area contributed by atoms with Crippen molar-refractivity contribution in [3.8, 4) is 0 Å². The first-order valence-corrected chi connectivity index (χ1v) is 8.20. The number of benzene rings is 1. The van der Waals surface area contributed by atoms with Gasteiger partial charge in [-0.1, -0.05) is 29.8 Å². The molecule has 1 aromatic carbocycles. The summed E-state index contributed by atoms with van der Waals surface area (Å²) >= 11 is 4.97. The zero-order valence-electron chi connectivity index (χ0n) is 12.2. The first-order valence-electron chi connectivity index (χ1n) is 6.59. The maximum absolute atomic E-state index is 11.7. The fourth-order valence-corrected chi connectivity index (χ4v) is 3.51. The molecule has 0 aliphatic carbocycles. The molecule has 6 nitrogen and oxygen atoms in total. The third-order valence-electron chi connectivity index (χ3n) is 2.97. The van der Waals surface area contributed by atoms with Gasteiger partial charge in [0.1, 0.15) is 11.5 Å². The molecule has 3 N–H and O–H groups in total. The third kappa shape index (κ3) is 4.47. The van der Waals surface area contributed by atoms with Gasteiger partial charge >= 0.3 is 0 Å². The van der Waals surface area contributed by atoms with Gasteiger partial charge in [0.25, 0.3) is 0 Å². The van der Waals surface area contributed by atoms with Crippen LogP contribution in [0.5, 0.6) is 0 Å². The first-order chi connectivity index (χ1) is 11.0. The number of nitrogens with zero attached hydrogens (tertiary/aromatic N) is 1. The van der Waals surface area contributed by atoms with Gasteiger partial charge in [-0.25, -0.2) is 5.48 Å². The van der Waals surface area contributed by atoms with E-state index in [9.17, 15) is 4.79 Å². The normalized spacial score (nSPS) is 12.8. The number of aliphatic imine (C=N–C) groups is 1. The average Bonchev–Trinajstić information content (AvgIpc) is 2.82. The molecule has 2 heterocycles. The minimum absolute atomic E-state index is 0.0716. The molecule has 2 aromatic rings. The molecule has 0 spiro atoms. The second-order valence-electron chi connectivity index (χ2n) is 4.62. The van der Waals surface area contributed by atoms with E-state index in [1.807, 2.05) is 18.2 Å². The largest absolute Gasteiger partial charge is 0.315 e. The maximum Gasteiger partial charge on any atom is 0.246 e. The summed E-state index contributed by atoms with van der Waals surface area (Å²) in [7, 11) is 0. The molecule has 1 aliphatic rings. The number of thiophene rings is 1. The Bertz CT molecular complexity index is 741. The van der Waals surface area contributed by atoms with Crippen LogP contribution in [-0.4, -0.2) is 29.8 Å². The van der Waals surface area contributed by atoms with Crippen LogP contribution in [0.15, 0.2) is 39.1 Å². The highest BCUT2D eigenvalue weighted by atomic mass is 79.9. The van der Waals surface area contributed by atoms with E-state index in [2.05, 4.69) is 45.3 Å². The molecule has 2 amide bonds. The summed E-state index contributed by atoms with van der Waals surface area (Å²) in [5, 5.41) is 11.0. The van der Waals surface area contributed by atoms with Crippen LogP contribution >= 0.6 is 27.3 Å². The van der Waals surface area contributed by atoms with E-state index in [4.69, 9.17) is 10.0 Å².